The zero-order valence-corrected chi connectivity index (χ0v) is 14.9. The van der Waals surface area contributed by atoms with Gasteiger partial charge in [-0.05, 0) is 32.4 Å². The van der Waals surface area contributed by atoms with Crippen LogP contribution in [0.3, 0.4) is 0 Å². The summed E-state index contributed by atoms with van der Waals surface area (Å²) in [5, 5.41) is 14.9. The molecule has 1 aliphatic rings. The summed E-state index contributed by atoms with van der Waals surface area (Å²) >= 11 is 0. The molecule has 2 rings (SSSR count). The summed E-state index contributed by atoms with van der Waals surface area (Å²) in [6.07, 6.45) is 0.470. The molecule has 0 saturated heterocycles. The number of phenols is 1. The van der Waals surface area contributed by atoms with E-state index in [0.29, 0.717) is 6.42 Å². The van der Waals surface area contributed by atoms with Crippen molar-refractivity contribution in [2.45, 2.75) is 33.2 Å². The Hall–Kier alpha value is -3.03. The molecule has 8 nitrogen and oxygen atoms in total. The van der Waals surface area contributed by atoms with Crippen molar-refractivity contribution in [3.05, 3.63) is 40.6 Å². The maximum Gasteiger partial charge on any atom is 0.342 e. The van der Waals surface area contributed by atoms with Gasteiger partial charge in [-0.25, -0.2) is 14.4 Å². The van der Waals surface area contributed by atoms with Gasteiger partial charge in [0, 0.05) is 0 Å². The van der Waals surface area contributed by atoms with Gasteiger partial charge in [-0.15, -0.1) is 0 Å². The van der Waals surface area contributed by atoms with Crippen LogP contribution in [0.5, 0.6) is 5.75 Å². The maximum atomic E-state index is 12.2. The van der Waals surface area contributed by atoms with E-state index in [1.807, 2.05) is 6.92 Å². The molecule has 0 aromatic heterocycles. The highest BCUT2D eigenvalue weighted by Gasteiger charge is 2.32. The molecular formula is C18H22N2O6. The highest BCUT2D eigenvalue weighted by Crippen LogP contribution is 2.21. The standard InChI is InChI=1S/C18H22N2O6/c1-4-12-15(17(23)25-5-2)13(20-18(24)19-12)9-26-16(22)11-8-10(3)6-7-14(11)21/h6-8,12,21H,4-5,9H2,1-3H3,(H2,19,20,24)/t12-/m0/s1. The van der Waals surface area contributed by atoms with Gasteiger partial charge in [-0.2, -0.15) is 0 Å². The number of phenolic OH excluding ortho intramolecular Hbond substituents is 1. The molecule has 1 aliphatic heterocycles. The fraction of sp³-hybridized carbons (Fsp3) is 0.389. The van der Waals surface area contributed by atoms with Crippen LogP contribution < -0.4 is 10.6 Å². The van der Waals surface area contributed by atoms with Crippen molar-refractivity contribution in [1.29, 1.82) is 0 Å². The number of aromatic hydroxyl groups is 1. The molecule has 1 aromatic carbocycles. The van der Waals surface area contributed by atoms with Crippen molar-refractivity contribution in [2.24, 2.45) is 0 Å². The van der Waals surface area contributed by atoms with Crippen molar-refractivity contribution in [3.8, 4) is 5.75 Å². The van der Waals surface area contributed by atoms with Gasteiger partial charge in [0.05, 0.1) is 23.9 Å². The van der Waals surface area contributed by atoms with Crippen LogP contribution in [0.25, 0.3) is 0 Å². The molecule has 1 atom stereocenters. The molecule has 2 amide bonds. The van der Waals surface area contributed by atoms with E-state index in [1.165, 1.54) is 12.1 Å². The van der Waals surface area contributed by atoms with Crippen LogP contribution >= 0.6 is 0 Å². The number of amides is 2. The number of carbonyl (C=O) groups is 3. The first-order valence-corrected chi connectivity index (χ1v) is 8.31. The lowest BCUT2D eigenvalue weighted by molar-refractivity contribution is -0.139. The number of urea groups is 1. The molecule has 8 heteroatoms. The monoisotopic (exact) mass is 362 g/mol. The average molecular weight is 362 g/mol. The van der Waals surface area contributed by atoms with Gasteiger partial charge in [-0.3, -0.25) is 0 Å². The van der Waals surface area contributed by atoms with E-state index in [1.54, 1.807) is 19.9 Å². The number of carbonyl (C=O) groups excluding carboxylic acids is 3. The van der Waals surface area contributed by atoms with E-state index >= 15 is 0 Å². The number of benzene rings is 1. The zero-order valence-electron chi connectivity index (χ0n) is 14.9. The molecule has 140 valence electrons. The van der Waals surface area contributed by atoms with Crippen LogP contribution in [0.2, 0.25) is 0 Å². The Morgan fingerprint density at radius 1 is 1.19 bits per heavy atom. The SMILES string of the molecule is CCOC(=O)C1=C(COC(=O)c2cc(C)ccc2O)NC(=O)N[C@H]1CC. The Morgan fingerprint density at radius 2 is 1.92 bits per heavy atom. The van der Waals surface area contributed by atoms with Crippen molar-refractivity contribution in [3.63, 3.8) is 0 Å². The van der Waals surface area contributed by atoms with Gasteiger partial charge in [-0.1, -0.05) is 18.6 Å². The zero-order chi connectivity index (χ0) is 19.3. The van der Waals surface area contributed by atoms with Gasteiger partial charge < -0.3 is 25.2 Å². The summed E-state index contributed by atoms with van der Waals surface area (Å²) < 4.78 is 10.2. The van der Waals surface area contributed by atoms with Gasteiger partial charge in [0.1, 0.15) is 17.9 Å². The lowest BCUT2D eigenvalue weighted by Gasteiger charge is -2.28. The largest absolute Gasteiger partial charge is 0.507 e. The third kappa shape index (κ3) is 4.33. The van der Waals surface area contributed by atoms with Crippen LogP contribution in [-0.4, -0.2) is 42.3 Å². The summed E-state index contributed by atoms with van der Waals surface area (Å²) in [6, 6.07) is 3.52. The third-order valence-corrected chi connectivity index (χ3v) is 3.87. The van der Waals surface area contributed by atoms with Crippen LogP contribution in [0, 0.1) is 6.92 Å². The number of esters is 2. The first-order chi connectivity index (χ1) is 12.4. The Bertz CT molecular complexity index is 756. The highest BCUT2D eigenvalue weighted by molar-refractivity contribution is 5.95. The summed E-state index contributed by atoms with van der Waals surface area (Å²) in [7, 11) is 0. The topological polar surface area (TPSA) is 114 Å². The van der Waals surface area contributed by atoms with Crippen LogP contribution in [0.1, 0.15) is 36.2 Å². The molecule has 0 spiro atoms. The van der Waals surface area contributed by atoms with Gasteiger partial charge in [0.25, 0.3) is 0 Å². The highest BCUT2D eigenvalue weighted by atomic mass is 16.5. The number of rotatable bonds is 6. The van der Waals surface area contributed by atoms with E-state index in [2.05, 4.69) is 10.6 Å². The predicted octanol–water partition coefficient (Wildman–Crippen LogP) is 1.77. The second-order valence-electron chi connectivity index (χ2n) is 5.77. The van der Waals surface area contributed by atoms with Crippen molar-refractivity contribution in [2.75, 3.05) is 13.2 Å². The minimum absolute atomic E-state index is 0.00980. The van der Waals surface area contributed by atoms with Crippen molar-refractivity contribution >= 4 is 18.0 Å². The van der Waals surface area contributed by atoms with Crippen molar-refractivity contribution < 1.29 is 29.0 Å². The molecule has 0 fully saturated rings. The maximum absolute atomic E-state index is 12.2. The quantitative estimate of drug-likeness (QED) is 0.665. The molecule has 1 heterocycles. The lowest BCUT2D eigenvalue weighted by Crippen LogP contribution is -2.51. The fourth-order valence-electron chi connectivity index (χ4n) is 2.60. The Morgan fingerprint density at radius 3 is 2.58 bits per heavy atom. The van der Waals surface area contributed by atoms with E-state index in [0.717, 1.165) is 5.56 Å². The number of ether oxygens (including phenoxy) is 2. The van der Waals surface area contributed by atoms with Gasteiger partial charge in [0.2, 0.25) is 0 Å². The summed E-state index contributed by atoms with van der Waals surface area (Å²) in [6.45, 7) is 5.11. The fourth-order valence-corrected chi connectivity index (χ4v) is 2.60. The third-order valence-electron chi connectivity index (χ3n) is 3.87. The Labute approximate surface area is 151 Å². The minimum atomic E-state index is -0.761. The van der Waals surface area contributed by atoms with E-state index in [-0.39, 0.29) is 35.8 Å². The molecule has 0 aliphatic carbocycles. The predicted molar refractivity (Wildman–Crippen MR) is 92.5 cm³/mol. The molecule has 0 unspecified atom stereocenters. The first kappa shape index (κ1) is 19.3. The van der Waals surface area contributed by atoms with Gasteiger partial charge in [0.15, 0.2) is 0 Å². The van der Waals surface area contributed by atoms with Gasteiger partial charge >= 0.3 is 18.0 Å². The second-order valence-corrected chi connectivity index (χ2v) is 5.77. The lowest BCUT2D eigenvalue weighted by atomic mass is 10.0. The Kier molecular flexibility index (Phi) is 6.21. The van der Waals surface area contributed by atoms with E-state index in [9.17, 15) is 19.5 Å². The summed E-state index contributed by atoms with van der Waals surface area (Å²) in [5.74, 6) is -1.56. The molecule has 0 saturated carbocycles. The molecule has 1 aromatic rings. The summed E-state index contributed by atoms with van der Waals surface area (Å²) in [4.78, 5) is 36.3. The Balaban J connectivity index is 2.24. The molecule has 3 N–H and O–H groups in total. The number of hydrogen-bond acceptors (Lipinski definition) is 6. The first-order valence-electron chi connectivity index (χ1n) is 8.31. The minimum Gasteiger partial charge on any atom is -0.507 e. The molecular weight excluding hydrogens is 340 g/mol. The summed E-state index contributed by atoms with van der Waals surface area (Å²) in [5.41, 5.74) is 1.17. The van der Waals surface area contributed by atoms with Crippen LogP contribution in [0.4, 0.5) is 4.79 Å². The number of aryl methyl sites for hydroxylation is 1. The number of hydrogen-bond donors (Lipinski definition) is 3. The molecule has 0 radical (unpaired) electrons. The second kappa shape index (κ2) is 8.37. The normalized spacial score (nSPS) is 16.6. The smallest absolute Gasteiger partial charge is 0.342 e. The van der Waals surface area contributed by atoms with Crippen molar-refractivity contribution in [1.82, 2.24) is 10.6 Å². The van der Waals surface area contributed by atoms with Crippen LogP contribution in [0.15, 0.2) is 29.5 Å². The molecule has 0 bridgehead atoms. The average Bonchev–Trinajstić information content (AvgIpc) is 2.61. The van der Waals surface area contributed by atoms with Crippen LogP contribution in [-0.2, 0) is 14.3 Å². The van der Waals surface area contributed by atoms with E-state index < -0.39 is 24.0 Å². The molecule has 26 heavy (non-hydrogen) atoms. The van der Waals surface area contributed by atoms with E-state index in [4.69, 9.17) is 9.47 Å². The number of nitrogens with one attached hydrogen (secondary N) is 2.